The van der Waals surface area contributed by atoms with Gasteiger partial charge in [0.25, 0.3) is 0 Å². The van der Waals surface area contributed by atoms with E-state index in [4.69, 9.17) is 28.9 Å². The summed E-state index contributed by atoms with van der Waals surface area (Å²) in [5, 5.41) is 3.08. The zero-order valence-electron chi connectivity index (χ0n) is 8.91. The first-order chi connectivity index (χ1) is 8.13. The molecule has 1 aromatic heterocycles. The van der Waals surface area contributed by atoms with Gasteiger partial charge < -0.3 is 5.73 Å². The fourth-order valence-corrected chi connectivity index (χ4v) is 3.30. The molecule has 1 aliphatic carbocycles. The van der Waals surface area contributed by atoms with Crippen LogP contribution >= 0.6 is 34.5 Å². The fourth-order valence-electron chi connectivity index (χ4n) is 1.75. The molecule has 1 saturated carbocycles. The van der Waals surface area contributed by atoms with E-state index in [0.29, 0.717) is 16.0 Å². The molecule has 0 aliphatic heterocycles. The minimum absolute atomic E-state index is 0.605. The van der Waals surface area contributed by atoms with Crippen molar-refractivity contribution in [2.45, 2.75) is 18.8 Å². The Bertz CT molecular complexity index is 556. The lowest BCUT2D eigenvalue weighted by atomic mass is 10.1. The second-order valence-electron chi connectivity index (χ2n) is 4.20. The molecule has 1 heterocycles. The topological polar surface area (TPSA) is 38.9 Å². The molecular weight excluding hydrogens is 275 g/mol. The number of benzene rings is 1. The van der Waals surface area contributed by atoms with Gasteiger partial charge >= 0.3 is 0 Å². The minimum atomic E-state index is 0.605. The van der Waals surface area contributed by atoms with Gasteiger partial charge in [-0.3, -0.25) is 0 Å². The smallest absolute Gasteiger partial charge is 0.114 e. The van der Waals surface area contributed by atoms with E-state index in [1.165, 1.54) is 12.8 Å². The number of nitrogens with two attached hydrogens (primary N) is 1. The van der Waals surface area contributed by atoms with Crippen molar-refractivity contribution < 1.29 is 0 Å². The van der Waals surface area contributed by atoms with Crippen molar-refractivity contribution in [2.75, 3.05) is 5.73 Å². The molecule has 1 fully saturated rings. The quantitative estimate of drug-likeness (QED) is 0.877. The third-order valence-electron chi connectivity index (χ3n) is 2.73. The lowest BCUT2D eigenvalue weighted by molar-refractivity contribution is 1.09. The molecule has 0 spiro atoms. The molecule has 2 N–H and O–H groups in total. The molecule has 0 atom stereocenters. The summed E-state index contributed by atoms with van der Waals surface area (Å²) in [7, 11) is 0. The number of halogens is 2. The lowest BCUT2D eigenvalue weighted by Gasteiger charge is -2.00. The van der Waals surface area contributed by atoms with Crippen LogP contribution in [0.25, 0.3) is 11.3 Å². The number of nitrogens with zero attached hydrogens (tertiary/aromatic N) is 1. The summed E-state index contributed by atoms with van der Waals surface area (Å²) >= 11 is 13.5. The number of nitrogen functional groups attached to an aromatic ring is 1. The van der Waals surface area contributed by atoms with E-state index in [9.17, 15) is 0 Å². The Morgan fingerprint density at radius 1 is 1.18 bits per heavy atom. The molecule has 2 nitrogen and oxygen atoms in total. The van der Waals surface area contributed by atoms with Crippen LogP contribution < -0.4 is 5.73 Å². The molecular formula is C12H10Cl2N2S. The summed E-state index contributed by atoms with van der Waals surface area (Å²) in [5.74, 6) is 0.616. The van der Waals surface area contributed by atoms with Gasteiger partial charge in [-0.1, -0.05) is 23.2 Å². The number of hydrogen-bond donors (Lipinski definition) is 1. The van der Waals surface area contributed by atoms with Crippen molar-refractivity contribution in [2.24, 2.45) is 0 Å². The molecule has 2 aromatic rings. The highest BCUT2D eigenvalue weighted by Gasteiger charge is 2.28. The largest absolute Gasteiger partial charge is 0.389 e. The van der Waals surface area contributed by atoms with Crippen molar-refractivity contribution >= 4 is 39.5 Å². The summed E-state index contributed by atoms with van der Waals surface area (Å²) in [6.45, 7) is 0. The van der Waals surface area contributed by atoms with Crippen LogP contribution in [0.5, 0.6) is 0 Å². The van der Waals surface area contributed by atoms with Crippen molar-refractivity contribution in [3.8, 4) is 11.3 Å². The van der Waals surface area contributed by atoms with Crippen LogP contribution in [0.4, 0.5) is 5.00 Å². The molecule has 1 aromatic carbocycles. The number of anilines is 1. The zero-order chi connectivity index (χ0) is 12.0. The van der Waals surface area contributed by atoms with Crippen LogP contribution in [-0.4, -0.2) is 4.98 Å². The van der Waals surface area contributed by atoms with Gasteiger partial charge in [0.1, 0.15) is 10.7 Å². The summed E-state index contributed by atoms with van der Waals surface area (Å²) in [4.78, 5) is 4.60. The average molecular weight is 285 g/mol. The number of hydrogen-bond acceptors (Lipinski definition) is 3. The third kappa shape index (κ3) is 2.28. The SMILES string of the molecule is Nc1sc(C2CC2)nc1-c1cc(Cl)cc(Cl)c1. The first-order valence-corrected chi connectivity index (χ1v) is 6.93. The second kappa shape index (κ2) is 4.16. The number of thiazole rings is 1. The number of rotatable bonds is 2. The van der Waals surface area contributed by atoms with Gasteiger partial charge in [-0.15, -0.1) is 11.3 Å². The Balaban J connectivity index is 2.07. The van der Waals surface area contributed by atoms with Crippen LogP contribution in [0.1, 0.15) is 23.8 Å². The van der Waals surface area contributed by atoms with E-state index < -0.39 is 0 Å². The predicted octanol–water partition coefficient (Wildman–Crippen LogP) is 4.58. The standard InChI is InChI=1S/C12H10Cl2N2S/c13-8-3-7(4-9(14)5-8)10-11(15)17-12(16-10)6-1-2-6/h3-6H,1-2,15H2. The van der Waals surface area contributed by atoms with Gasteiger partial charge in [0.15, 0.2) is 0 Å². The molecule has 17 heavy (non-hydrogen) atoms. The minimum Gasteiger partial charge on any atom is -0.389 e. The first-order valence-electron chi connectivity index (χ1n) is 5.36. The van der Waals surface area contributed by atoms with Crippen molar-refractivity contribution in [1.29, 1.82) is 0 Å². The molecule has 5 heteroatoms. The second-order valence-corrected chi connectivity index (χ2v) is 6.13. The monoisotopic (exact) mass is 284 g/mol. The van der Waals surface area contributed by atoms with Crippen molar-refractivity contribution in [3.63, 3.8) is 0 Å². The van der Waals surface area contributed by atoms with Gasteiger partial charge in [0.05, 0.1) is 5.01 Å². The lowest BCUT2D eigenvalue weighted by Crippen LogP contribution is -1.86. The van der Waals surface area contributed by atoms with Crippen LogP contribution in [0.2, 0.25) is 10.0 Å². The highest BCUT2D eigenvalue weighted by molar-refractivity contribution is 7.16. The Kier molecular flexibility index (Phi) is 2.77. The fraction of sp³-hybridized carbons (Fsp3) is 0.250. The third-order valence-corrected chi connectivity index (χ3v) is 4.22. The summed E-state index contributed by atoms with van der Waals surface area (Å²) in [6, 6.07) is 5.39. The van der Waals surface area contributed by atoms with E-state index in [0.717, 1.165) is 21.3 Å². The molecule has 0 unspecified atom stereocenters. The van der Waals surface area contributed by atoms with Crippen LogP contribution in [-0.2, 0) is 0 Å². The van der Waals surface area contributed by atoms with Gasteiger partial charge in [0, 0.05) is 21.5 Å². The maximum atomic E-state index is 6.01. The van der Waals surface area contributed by atoms with E-state index in [1.54, 1.807) is 17.4 Å². The molecule has 0 bridgehead atoms. The van der Waals surface area contributed by atoms with E-state index in [1.807, 2.05) is 12.1 Å². The first kappa shape index (κ1) is 11.3. The summed E-state index contributed by atoms with van der Waals surface area (Å²) < 4.78 is 0. The molecule has 0 amide bonds. The molecule has 1 aliphatic rings. The Morgan fingerprint density at radius 2 is 1.82 bits per heavy atom. The molecule has 0 radical (unpaired) electrons. The zero-order valence-corrected chi connectivity index (χ0v) is 11.2. The summed E-state index contributed by atoms with van der Waals surface area (Å²) in [6.07, 6.45) is 2.45. The van der Waals surface area contributed by atoms with E-state index in [-0.39, 0.29) is 0 Å². The molecule has 88 valence electrons. The Labute approximate surface area is 113 Å². The van der Waals surface area contributed by atoms with Crippen LogP contribution in [0.3, 0.4) is 0 Å². The van der Waals surface area contributed by atoms with Gasteiger partial charge in [-0.05, 0) is 31.0 Å². The van der Waals surface area contributed by atoms with Gasteiger partial charge in [-0.25, -0.2) is 4.98 Å². The highest BCUT2D eigenvalue weighted by atomic mass is 35.5. The maximum absolute atomic E-state index is 6.01. The van der Waals surface area contributed by atoms with Crippen molar-refractivity contribution in [3.05, 3.63) is 33.3 Å². The van der Waals surface area contributed by atoms with E-state index >= 15 is 0 Å². The Hall–Kier alpha value is -0.770. The molecule has 3 rings (SSSR count). The van der Waals surface area contributed by atoms with E-state index in [2.05, 4.69) is 4.98 Å². The Morgan fingerprint density at radius 3 is 2.41 bits per heavy atom. The van der Waals surface area contributed by atoms with Crippen LogP contribution in [0.15, 0.2) is 18.2 Å². The number of aromatic nitrogens is 1. The van der Waals surface area contributed by atoms with Gasteiger partial charge in [0.2, 0.25) is 0 Å². The summed E-state index contributed by atoms with van der Waals surface area (Å²) in [5.41, 5.74) is 7.71. The van der Waals surface area contributed by atoms with Crippen LogP contribution in [0, 0.1) is 0 Å². The normalized spacial score (nSPS) is 15.2. The predicted molar refractivity (Wildman–Crippen MR) is 74.0 cm³/mol. The molecule has 0 saturated heterocycles. The van der Waals surface area contributed by atoms with Gasteiger partial charge in [-0.2, -0.15) is 0 Å². The maximum Gasteiger partial charge on any atom is 0.114 e. The average Bonchev–Trinajstić information content (AvgIpc) is 3.01. The highest BCUT2D eigenvalue weighted by Crippen LogP contribution is 2.45. The van der Waals surface area contributed by atoms with Crippen molar-refractivity contribution in [1.82, 2.24) is 4.98 Å².